The standard InChI is InChI=1S/C27H31FN4O2/c1-26-9-10-27(2,16-26)15-19(14-26)32(3)24-8-7-21(30-31-24)20-6-5-17(11-22(20)33)18-12-23(28)29-25(13-18)34-4/h5-8,11-13,19,33H,9-10,14-16H2,1-4H3/t19?,26-,27+. The van der Waals surface area contributed by atoms with E-state index in [1.54, 1.807) is 18.2 Å². The molecule has 7 heteroatoms. The van der Waals surface area contributed by atoms with Crippen LogP contribution in [0.1, 0.15) is 46.0 Å². The summed E-state index contributed by atoms with van der Waals surface area (Å²) in [5.41, 5.74) is 3.23. The van der Waals surface area contributed by atoms with E-state index >= 15 is 0 Å². The SMILES string of the molecule is COc1cc(-c2ccc(-c3ccc(N(C)C4C[C@]5(C)CC[C@](C)(C4)C5)nn3)c(O)c2)cc(F)n1. The largest absolute Gasteiger partial charge is 0.507 e. The number of aromatic hydroxyl groups is 1. The topological polar surface area (TPSA) is 71.4 Å². The number of rotatable bonds is 5. The third kappa shape index (κ3) is 4.19. The van der Waals surface area contributed by atoms with Gasteiger partial charge >= 0.3 is 0 Å². The highest BCUT2D eigenvalue weighted by Crippen LogP contribution is 2.58. The summed E-state index contributed by atoms with van der Waals surface area (Å²) in [6.45, 7) is 4.85. The molecule has 2 heterocycles. The number of anilines is 1. The quantitative estimate of drug-likeness (QED) is 0.479. The molecule has 1 N–H and O–H groups in total. The van der Waals surface area contributed by atoms with Crippen LogP contribution < -0.4 is 9.64 Å². The number of benzene rings is 1. The van der Waals surface area contributed by atoms with Crippen molar-refractivity contribution in [3.63, 3.8) is 0 Å². The van der Waals surface area contributed by atoms with E-state index < -0.39 is 5.95 Å². The van der Waals surface area contributed by atoms with Gasteiger partial charge in [-0.25, -0.2) is 0 Å². The van der Waals surface area contributed by atoms with Crippen molar-refractivity contribution in [2.24, 2.45) is 10.8 Å². The van der Waals surface area contributed by atoms with E-state index in [4.69, 9.17) is 4.74 Å². The maximum Gasteiger partial charge on any atom is 0.216 e. The average molecular weight is 463 g/mol. The van der Waals surface area contributed by atoms with E-state index in [-0.39, 0.29) is 11.6 Å². The fraction of sp³-hybridized carbons (Fsp3) is 0.444. The molecule has 1 aromatic carbocycles. The van der Waals surface area contributed by atoms with Gasteiger partial charge in [-0.1, -0.05) is 19.9 Å². The van der Waals surface area contributed by atoms with Crippen LogP contribution in [0, 0.1) is 16.8 Å². The summed E-state index contributed by atoms with van der Waals surface area (Å²) in [6, 6.07) is 12.4. The van der Waals surface area contributed by atoms with Crippen molar-refractivity contribution in [2.45, 2.75) is 52.0 Å². The fourth-order valence-corrected chi connectivity index (χ4v) is 6.16. The highest BCUT2D eigenvalue weighted by Gasteiger charge is 2.50. The first kappa shape index (κ1) is 22.6. The van der Waals surface area contributed by atoms with Crippen molar-refractivity contribution in [2.75, 3.05) is 19.1 Å². The first-order valence-corrected chi connectivity index (χ1v) is 11.8. The Morgan fingerprint density at radius 3 is 2.35 bits per heavy atom. The van der Waals surface area contributed by atoms with E-state index in [0.717, 1.165) is 5.82 Å². The molecule has 1 unspecified atom stereocenters. The number of phenols is 1. The Morgan fingerprint density at radius 1 is 1.00 bits per heavy atom. The number of fused-ring (bicyclic) bond motifs is 2. The molecule has 2 fully saturated rings. The van der Waals surface area contributed by atoms with Crippen LogP contribution in [0.2, 0.25) is 0 Å². The summed E-state index contributed by atoms with van der Waals surface area (Å²) in [6.07, 6.45) is 6.32. The number of aromatic nitrogens is 3. The monoisotopic (exact) mass is 462 g/mol. The van der Waals surface area contributed by atoms with Crippen LogP contribution >= 0.6 is 0 Å². The zero-order valence-electron chi connectivity index (χ0n) is 20.2. The Morgan fingerprint density at radius 2 is 1.74 bits per heavy atom. The molecular weight excluding hydrogens is 431 g/mol. The van der Waals surface area contributed by atoms with Gasteiger partial charge in [0.15, 0.2) is 5.82 Å². The van der Waals surface area contributed by atoms with Gasteiger partial charge in [0.25, 0.3) is 0 Å². The van der Waals surface area contributed by atoms with Crippen LogP contribution in [0.3, 0.4) is 0 Å². The minimum absolute atomic E-state index is 0.0498. The molecule has 0 spiro atoms. The van der Waals surface area contributed by atoms with Crippen LogP contribution in [0.15, 0.2) is 42.5 Å². The van der Waals surface area contributed by atoms with E-state index in [2.05, 4.69) is 41.0 Å². The van der Waals surface area contributed by atoms with Gasteiger partial charge in [0.05, 0.1) is 12.8 Å². The summed E-state index contributed by atoms with van der Waals surface area (Å²) in [5.74, 6) is 0.432. The molecule has 0 amide bonds. The number of ether oxygens (including phenoxy) is 1. The van der Waals surface area contributed by atoms with Crippen LogP contribution in [0.25, 0.3) is 22.4 Å². The van der Waals surface area contributed by atoms with E-state index in [1.807, 2.05) is 18.2 Å². The molecule has 0 radical (unpaired) electrons. The van der Waals surface area contributed by atoms with Crippen molar-refractivity contribution in [1.82, 2.24) is 15.2 Å². The number of hydrogen-bond acceptors (Lipinski definition) is 6. The number of pyridine rings is 1. The molecule has 2 bridgehead atoms. The van der Waals surface area contributed by atoms with Gasteiger partial charge in [-0.05, 0) is 78.3 Å². The highest BCUT2D eigenvalue weighted by atomic mass is 19.1. The van der Waals surface area contributed by atoms with E-state index in [1.165, 1.54) is 45.3 Å². The average Bonchev–Trinajstić information content (AvgIpc) is 3.04. The Bertz CT molecular complexity index is 1200. The van der Waals surface area contributed by atoms with E-state index in [0.29, 0.717) is 39.3 Å². The lowest BCUT2D eigenvalue weighted by molar-refractivity contribution is 0.148. The predicted molar refractivity (Wildman–Crippen MR) is 130 cm³/mol. The molecule has 0 aliphatic heterocycles. The molecule has 34 heavy (non-hydrogen) atoms. The Balaban J connectivity index is 1.36. The molecule has 5 rings (SSSR count). The summed E-state index contributed by atoms with van der Waals surface area (Å²) in [4.78, 5) is 5.94. The molecule has 2 saturated carbocycles. The van der Waals surface area contributed by atoms with Gasteiger partial charge < -0.3 is 14.7 Å². The van der Waals surface area contributed by atoms with Crippen LogP contribution in [-0.2, 0) is 0 Å². The lowest BCUT2D eigenvalue weighted by atomic mass is 9.68. The van der Waals surface area contributed by atoms with Crippen molar-refractivity contribution in [3.8, 4) is 34.0 Å². The third-order valence-corrected chi connectivity index (χ3v) is 7.79. The molecule has 0 saturated heterocycles. The normalized spacial score (nSPS) is 25.9. The number of nitrogens with zero attached hydrogens (tertiary/aromatic N) is 4. The second-order valence-electron chi connectivity index (χ2n) is 10.7. The summed E-state index contributed by atoms with van der Waals surface area (Å²) in [5, 5.41) is 19.6. The Hall–Kier alpha value is -3.22. The molecule has 2 aromatic heterocycles. The smallest absolute Gasteiger partial charge is 0.216 e. The van der Waals surface area contributed by atoms with Crippen molar-refractivity contribution in [1.29, 1.82) is 0 Å². The minimum atomic E-state index is -0.641. The van der Waals surface area contributed by atoms with Gasteiger partial charge in [-0.3, -0.25) is 0 Å². The Kier molecular flexibility index (Phi) is 5.46. The molecular formula is C27H31FN4O2. The molecule has 3 aromatic rings. The lowest BCUT2D eigenvalue weighted by Crippen LogP contribution is -2.42. The van der Waals surface area contributed by atoms with Crippen molar-refractivity contribution >= 4 is 5.82 Å². The van der Waals surface area contributed by atoms with Crippen molar-refractivity contribution in [3.05, 3.63) is 48.4 Å². The first-order chi connectivity index (χ1) is 16.2. The number of halogens is 1. The van der Waals surface area contributed by atoms with Crippen LogP contribution in [0.4, 0.5) is 10.2 Å². The predicted octanol–water partition coefficient (Wildman–Crippen LogP) is 5.85. The molecule has 3 atom stereocenters. The minimum Gasteiger partial charge on any atom is -0.507 e. The van der Waals surface area contributed by atoms with Gasteiger partial charge in [0.1, 0.15) is 5.75 Å². The number of hydrogen-bond donors (Lipinski definition) is 1. The van der Waals surface area contributed by atoms with Crippen LogP contribution in [0.5, 0.6) is 11.6 Å². The summed E-state index contributed by atoms with van der Waals surface area (Å²) < 4.78 is 18.8. The molecule has 6 nitrogen and oxygen atoms in total. The summed E-state index contributed by atoms with van der Waals surface area (Å²) in [7, 11) is 3.55. The van der Waals surface area contributed by atoms with Gasteiger partial charge in [0.2, 0.25) is 11.8 Å². The van der Waals surface area contributed by atoms with Crippen molar-refractivity contribution < 1.29 is 14.2 Å². The first-order valence-electron chi connectivity index (χ1n) is 11.8. The van der Waals surface area contributed by atoms with E-state index in [9.17, 15) is 9.50 Å². The van der Waals surface area contributed by atoms with Crippen LogP contribution in [-0.4, -0.2) is 40.5 Å². The highest BCUT2D eigenvalue weighted by molar-refractivity contribution is 5.74. The zero-order chi connectivity index (χ0) is 24.1. The fourth-order valence-electron chi connectivity index (χ4n) is 6.16. The summed E-state index contributed by atoms with van der Waals surface area (Å²) >= 11 is 0. The van der Waals surface area contributed by atoms with Gasteiger partial charge in [-0.2, -0.15) is 9.37 Å². The maximum atomic E-state index is 13.8. The van der Waals surface area contributed by atoms with Gasteiger partial charge in [-0.15, -0.1) is 10.2 Å². The second-order valence-corrected chi connectivity index (χ2v) is 10.7. The maximum absolute atomic E-state index is 13.8. The Labute approximate surface area is 199 Å². The third-order valence-electron chi connectivity index (χ3n) is 7.79. The second kappa shape index (κ2) is 8.22. The van der Waals surface area contributed by atoms with Gasteiger partial charge in [0, 0.05) is 30.8 Å². The number of methoxy groups -OCH3 is 1. The zero-order valence-corrected chi connectivity index (χ0v) is 20.2. The number of phenolic OH excluding ortho intramolecular Hbond substituents is 1. The molecule has 2 aliphatic rings. The lowest BCUT2D eigenvalue weighted by Gasteiger charge is -2.44. The molecule has 2 aliphatic carbocycles. The molecule has 178 valence electrons.